The van der Waals surface area contributed by atoms with E-state index in [0.717, 1.165) is 12.5 Å². The Balaban J connectivity index is 1.40. The van der Waals surface area contributed by atoms with Crippen LogP contribution in [0.15, 0.2) is 0 Å². The molecule has 0 aromatic rings. The maximum atomic E-state index is 6.54. The number of piperazine rings is 1. The van der Waals surface area contributed by atoms with Gasteiger partial charge in [0.2, 0.25) is 0 Å². The SMILES string of the molecule is CC1(C2CC2)CNCCN1CC1CCC2(CCCC2)O1. The molecule has 4 fully saturated rings. The average molecular weight is 278 g/mol. The van der Waals surface area contributed by atoms with E-state index < -0.39 is 0 Å². The van der Waals surface area contributed by atoms with Crippen LogP contribution in [0.2, 0.25) is 0 Å². The van der Waals surface area contributed by atoms with Crippen LogP contribution >= 0.6 is 0 Å². The van der Waals surface area contributed by atoms with Gasteiger partial charge in [-0.1, -0.05) is 12.8 Å². The molecular formula is C17H30N2O. The molecule has 2 atom stereocenters. The molecule has 1 spiro atoms. The van der Waals surface area contributed by atoms with Gasteiger partial charge in [-0.05, 0) is 51.4 Å². The summed E-state index contributed by atoms with van der Waals surface area (Å²) in [7, 11) is 0. The Kier molecular flexibility index (Phi) is 3.36. The van der Waals surface area contributed by atoms with Gasteiger partial charge in [0.05, 0.1) is 11.7 Å². The van der Waals surface area contributed by atoms with Gasteiger partial charge in [0, 0.05) is 31.7 Å². The van der Waals surface area contributed by atoms with Gasteiger partial charge in [-0.25, -0.2) is 0 Å². The van der Waals surface area contributed by atoms with E-state index >= 15 is 0 Å². The van der Waals surface area contributed by atoms with Crippen molar-refractivity contribution in [2.75, 3.05) is 26.2 Å². The standard InChI is InChI=1S/C17H30N2O/c1-16(14-4-5-14)13-18-10-11-19(16)12-15-6-9-17(20-15)7-2-3-8-17/h14-15,18H,2-13H2,1H3. The van der Waals surface area contributed by atoms with E-state index in [9.17, 15) is 0 Å². The molecule has 2 heterocycles. The van der Waals surface area contributed by atoms with E-state index in [2.05, 4.69) is 17.1 Å². The van der Waals surface area contributed by atoms with Crippen LogP contribution in [0.3, 0.4) is 0 Å². The molecule has 1 N–H and O–H groups in total. The third-order valence-corrected chi connectivity index (χ3v) is 6.50. The molecule has 4 aliphatic rings. The first-order valence-electron chi connectivity index (χ1n) is 8.84. The summed E-state index contributed by atoms with van der Waals surface area (Å²) in [6.07, 6.45) is 11.4. The second-order valence-electron chi connectivity index (χ2n) is 7.92. The van der Waals surface area contributed by atoms with Crippen LogP contribution in [0.1, 0.15) is 58.3 Å². The maximum absolute atomic E-state index is 6.54. The number of hydrogen-bond donors (Lipinski definition) is 1. The minimum Gasteiger partial charge on any atom is -0.370 e. The van der Waals surface area contributed by atoms with Crippen LogP contribution < -0.4 is 5.32 Å². The van der Waals surface area contributed by atoms with Crippen LogP contribution in [0.5, 0.6) is 0 Å². The predicted molar refractivity (Wildman–Crippen MR) is 80.9 cm³/mol. The molecule has 3 heteroatoms. The third kappa shape index (κ3) is 2.32. The Morgan fingerprint density at radius 2 is 1.95 bits per heavy atom. The van der Waals surface area contributed by atoms with E-state index in [-0.39, 0.29) is 0 Å². The van der Waals surface area contributed by atoms with E-state index in [0.29, 0.717) is 17.2 Å². The van der Waals surface area contributed by atoms with Crippen molar-refractivity contribution in [2.24, 2.45) is 5.92 Å². The fourth-order valence-corrected chi connectivity index (χ4v) is 4.99. The van der Waals surface area contributed by atoms with E-state index in [1.165, 1.54) is 71.0 Å². The Labute approximate surface area is 123 Å². The Hall–Kier alpha value is -0.120. The molecule has 0 bridgehead atoms. The second-order valence-corrected chi connectivity index (χ2v) is 7.92. The quantitative estimate of drug-likeness (QED) is 0.858. The number of ether oxygens (including phenoxy) is 1. The topological polar surface area (TPSA) is 24.5 Å². The molecule has 0 aromatic carbocycles. The predicted octanol–water partition coefficient (Wildman–Crippen LogP) is 2.55. The van der Waals surface area contributed by atoms with Crippen LogP contribution in [0, 0.1) is 5.92 Å². The molecule has 2 unspecified atom stereocenters. The third-order valence-electron chi connectivity index (χ3n) is 6.50. The van der Waals surface area contributed by atoms with Gasteiger partial charge < -0.3 is 10.1 Å². The summed E-state index contributed by atoms with van der Waals surface area (Å²) in [5, 5.41) is 3.62. The van der Waals surface area contributed by atoms with Gasteiger partial charge in [-0.3, -0.25) is 4.90 Å². The summed E-state index contributed by atoms with van der Waals surface area (Å²) < 4.78 is 6.54. The van der Waals surface area contributed by atoms with E-state index in [4.69, 9.17) is 4.74 Å². The van der Waals surface area contributed by atoms with Crippen LogP contribution in [-0.2, 0) is 4.74 Å². The Bertz CT molecular complexity index is 362. The first-order chi connectivity index (χ1) is 9.70. The van der Waals surface area contributed by atoms with Gasteiger partial charge in [0.1, 0.15) is 0 Å². The highest BCUT2D eigenvalue weighted by Gasteiger charge is 2.49. The van der Waals surface area contributed by atoms with Crippen molar-refractivity contribution < 1.29 is 4.74 Å². The molecule has 0 radical (unpaired) electrons. The Morgan fingerprint density at radius 3 is 2.70 bits per heavy atom. The summed E-state index contributed by atoms with van der Waals surface area (Å²) in [5.74, 6) is 0.928. The van der Waals surface area contributed by atoms with Gasteiger partial charge >= 0.3 is 0 Å². The summed E-state index contributed by atoms with van der Waals surface area (Å²) >= 11 is 0. The lowest BCUT2D eigenvalue weighted by atomic mass is 9.90. The highest BCUT2D eigenvalue weighted by Crippen LogP contribution is 2.46. The number of nitrogens with zero attached hydrogens (tertiary/aromatic N) is 1. The summed E-state index contributed by atoms with van der Waals surface area (Å²) in [6.45, 7) is 7.20. The minimum absolute atomic E-state index is 0.300. The van der Waals surface area contributed by atoms with Gasteiger partial charge in [0.25, 0.3) is 0 Å². The fourth-order valence-electron chi connectivity index (χ4n) is 4.99. The zero-order valence-corrected chi connectivity index (χ0v) is 13.0. The largest absolute Gasteiger partial charge is 0.370 e. The monoisotopic (exact) mass is 278 g/mol. The summed E-state index contributed by atoms with van der Waals surface area (Å²) in [5.41, 5.74) is 0.696. The van der Waals surface area contributed by atoms with Gasteiger partial charge in [0.15, 0.2) is 0 Å². The number of hydrogen-bond acceptors (Lipinski definition) is 3. The lowest BCUT2D eigenvalue weighted by molar-refractivity contribution is -0.0654. The van der Waals surface area contributed by atoms with Crippen molar-refractivity contribution in [3.8, 4) is 0 Å². The molecule has 2 saturated carbocycles. The minimum atomic E-state index is 0.300. The molecule has 2 aliphatic heterocycles. The van der Waals surface area contributed by atoms with E-state index in [1.807, 2.05) is 0 Å². The summed E-state index contributed by atoms with van der Waals surface area (Å²) in [6, 6.07) is 0. The van der Waals surface area contributed by atoms with Crippen LogP contribution in [0.4, 0.5) is 0 Å². The van der Waals surface area contributed by atoms with Crippen molar-refractivity contribution in [3.63, 3.8) is 0 Å². The molecular weight excluding hydrogens is 248 g/mol. The average Bonchev–Trinajstić information content (AvgIpc) is 3.11. The van der Waals surface area contributed by atoms with Crippen LogP contribution in [0.25, 0.3) is 0 Å². The maximum Gasteiger partial charge on any atom is 0.0710 e. The van der Waals surface area contributed by atoms with Crippen molar-refractivity contribution in [2.45, 2.75) is 75.5 Å². The van der Waals surface area contributed by atoms with Crippen molar-refractivity contribution in [1.82, 2.24) is 10.2 Å². The van der Waals surface area contributed by atoms with Crippen molar-refractivity contribution in [3.05, 3.63) is 0 Å². The molecule has 0 amide bonds. The lowest BCUT2D eigenvalue weighted by Crippen LogP contribution is -2.62. The number of nitrogens with one attached hydrogen (secondary N) is 1. The molecule has 2 aliphatic carbocycles. The van der Waals surface area contributed by atoms with Gasteiger partial charge in [-0.2, -0.15) is 0 Å². The highest BCUT2D eigenvalue weighted by molar-refractivity contribution is 5.04. The van der Waals surface area contributed by atoms with E-state index in [1.54, 1.807) is 0 Å². The lowest BCUT2D eigenvalue weighted by Gasteiger charge is -2.47. The van der Waals surface area contributed by atoms with Crippen molar-refractivity contribution >= 4 is 0 Å². The second kappa shape index (κ2) is 4.96. The first kappa shape index (κ1) is 13.5. The highest BCUT2D eigenvalue weighted by atomic mass is 16.5. The Morgan fingerprint density at radius 1 is 1.15 bits per heavy atom. The number of rotatable bonds is 3. The molecule has 2 saturated heterocycles. The van der Waals surface area contributed by atoms with Gasteiger partial charge in [-0.15, -0.1) is 0 Å². The molecule has 0 aromatic heterocycles. The zero-order chi connectivity index (χ0) is 13.6. The van der Waals surface area contributed by atoms with Crippen LogP contribution in [-0.4, -0.2) is 48.3 Å². The molecule has 114 valence electrons. The smallest absolute Gasteiger partial charge is 0.0710 e. The molecule has 4 rings (SSSR count). The fraction of sp³-hybridized carbons (Fsp3) is 1.00. The molecule has 3 nitrogen and oxygen atoms in total. The first-order valence-corrected chi connectivity index (χ1v) is 8.84. The molecule has 20 heavy (non-hydrogen) atoms. The normalized spacial score (nSPS) is 41.5. The van der Waals surface area contributed by atoms with Crippen molar-refractivity contribution in [1.29, 1.82) is 0 Å². The summed E-state index contributed by atoms with van der Waals surface area (Å²) in [4.78, 5) is 2.76. The zero-order valence-electron chi connectivity index (χ0n) is 13.0.